The van der Waals surface area contributed by atoms with Gasteiger partial charge in [-0.3, -0.25) is 0 Å². The molecule has 4 heteroatoms. The molecule has 0 amide bonds. The molecule has 1 rings (SSSR count). The van der Waals surface area contributed by atoms with Crippen LogP contribution in [0.15, 0.2) is 10.8 Å². The van der Waals surface area contributed by atoms with Crippen molar-refractivity contribution in [1.29, 1.82) is 0 Å². The summed E-state index contributed by atoms with van der Waals surface area (Å²) in [4.78, 5) is 11.2. The van der Waals surface area contributed by atoms with Crippen LogP contribution < -0.4 is 0 Å². The van der Waals surface area contributed by atoms with Crippen molar-refractivity contribution < 1.29 is 14.6 Å². The molecule has 74 valence electrons. The fourth-order valence-electron chi connectivity index (χ4n) is 1.42. The van der Waals surface area contributed by atoms with E-state index in [0.29, 0.717) is 19.3 Å². The normalized spacial score (nSPS) is 21.6. The van der Waals surface area contributed by atoms with Crippen LogP contribution in [-0.4, -0.2) is 16.7 Å². The van der Waals surface area contributed by atoms with Crippen LogP contribution >= 0.6 is 11.6 Å². The molecular formula is C9H13ClO3. The lowest BCUT2D eigenvalue weighted by Gasteiger charge is -2.34. The number of esters is 1. The molecule has 0 aromatic heterocycles. The van der Waals surface area contributed by atoms with Gasteiger partial charge in [0.25, 0.3) is 0 Å². The molecule has 0 aromatic rings. The molecule has 0 fully saturated rings. The molecule has 0 bridgehead atoms. The van der Waals surface area contributed by atoms with Gasteiger partial charge in [0.15, 0.2) is 5.03 Å². The van der Waals surface area contributed by atoms with Crippen molar-refractivity contribution in [3.05, 3.63) is 10.8 Å². The maximum atomic E-state index is 11.2. The van der Waals surface area contributed by atoms with Gasteiger partial charge in [-0.05, 0) is 12.8 Å². The van der Waals surface area contributed by atoms with E-state index in [0.717, 1.165) is 0 Å². The highest BCUT2D eigenvalue weighted by molar-refractivity contribution is 6.41. The number of aliphatic hydroxyl groups excluding tert-OH is 1. The largest absolute Gasteiger partial charge is 0.510 e. The number of cyclic esters (lactones) is 1. The number of carbonyl (C=O) groups is 1. The summed E-state index contributed by atoms with van der Waals surface area (Å²) in [6.45, 7) is 3.84. The van der Waals surface area contributed by atoms with Crippen LogP contribution in [-0.2, 0) is 9.53 Å². The second-order valence-corrected chi connectivity index (χ2v) is 3.60. The first-order chi connectivity index (χ1) is 6.04. The Labute approximate surface area is 82.3 Å². The predicted molar refractivity (Wildman–Crippen MR) is 49.5 cm³/mol. The summed E-state index contributed by atoms with van der Waals surface area (Å²) in [6.07, 6.45) is 1.69. The van der Waals surface area contributed by atoms with Crippen molar-refractivity contribution in [2.24, 2.45) is 0 Å². The minimum absolute atomic E-state index is 0.0541. The van der Waals surface area contributed by atoms with E-state index in [2.05, 4.69) is 0 Å². The lowest BCUT2D eigenvalue weighted by atomic mass is 9.90. The first kappa shape index (κ1) is 10.4. The van der Waals surface area contributed by atoms with Crippen LogP contribution in [0.5, 0.6) is 0 Å². The average molecular weight is 205 g/mol. The molecule has 0 saturated carbocycles. The van der Waals surface area contributed by atoms with Gasteiger partial charge in [0.1, 0.15) is 11.4 Å². The lowest BCUT2D eigenvalue weighted by molar-refractivity contribution is -0.158. The molecule has 1 heterocycles. The SMILES string of the molecule is CCC1(CC)CC(O)=C(Cl)C(=O)O1. The van der Waals surface area contributed by atoms with E-state index in [1.54, 1.807) is 0 Å². The number of aliphatic hydroxyl groups is 1. The molecule has 0 radical (unpaired) electrons. The van der Waals surface area contributed by atoms with E-state index in [-0.39, 0.29) is 10.8 Å². The summed E-state index contributed by atoms with van der Waals surface area (Å²) in [5.41, 5.74) is -0.556. The molecule has 1 N–H and O–H groups in total. The van der Waals surface area contributed by atoms with Crippen molar-refractivity contribution in [2.75, 3.05) is 0 Å². The van der Waals surface area contributed by atoms with Gasteiger partial charge in [0.2, 0.25) is 0 Å². The van der Waals surface area contributed by atoms with Gasteiger partial charge in [0.05, 0.1) is 0 Å². The third-order valence-corrected chi connectivity index (χ3v) is 2.89. The second kappa shape index (κ2) is 3.58. The third kappa shape index (κ3) is 1.80. The molecular weight excluding hydrogens is 192 g/mol. The standard InChI is InChI=1S/C9H13ClO3/c1-3-9(4-2)5-6(11)7(10)8(12)13-9/h11H,3-5H2,1-2H3. The Morgan fingerprint density at radius 1 is 1.54 bits per heavy atom. The molecule has 1 aliphatic heterocycles. The van der Waals surface area contributed by atoms with Crippen molar-refractivity contribution in [3.63, 3.8) is 0 Å². The fourth-order valence-corrected chi connectivity index (χ4v) is 1.53. The Hall–Kier alpha value is -0.700. The highest BCUT2D eigenvalue weighted by Gasteiger charge is 2.38. The van der Waals surface area contributed by atoms with Gasteiger partial charge in [-0.2, -0.15) is 0 Å². The number of hydrogen-bond acceptors (Lipinski definition) is 3. The Bertz CT molecular complexity index is 254. The summed E-state index contributed by atoms with van der Waals surface area (Å²) >= 11 is 5.51. The van der Waals surface area contributed by atoms with Gasteiger partial charge in [-0.25, -0.2) is 4.79 Å². The van der Waals surface area contributed by atoms with Gasteiger partial charge >= 0.3 is 5.97 Å². The number of rotatable bonds is 2. The number of hydrogen-bond donors (Lipinski definition) is 1. The van der Waals surface area contributed by atoms with E-state index >= 15 is 0 Å². The Kier molecular flexibility index (Phi) is 2.86. The predicted octanol–water partition coefficient (Wildman–Crippen LogP) is 2.50. The zero-order valence-corrected chi connectivity index (χ0v) is 8.52. The molecule has 1 aliphatic rings. The van der Waals surface area contributed by atoms with E-state index < -0.39 is 11.6 Å². The molecule has 0 atom stereocenters. The quantitative estimate of drug-likeness (QED) is 0.703. The third-order valence-electron chi connectivity index (χ3n) is 2.52. The number of halogens is 1. The summed E-state index contributed by atoms with van der Waals surface area (Å²) in [6, 6.07) is 0. The van der Waals surface area contributed by atoms with E-state index in [4.69, 9.17) is 16.3 Å². The van der Waals surface area contributed by atoms with Gasteiger partial charge in [0, 0.05) is 6.42 Å². The molecule has 0 aromatic carbocycles. The lowest BCUT2D eigenvalue weighted by Crippen LogP contribution is -2.38. The van der Waals surface area contributed by atoms with Crippen LogP contribution in [0.2, 0.25) is 0 Å². The number of carbonyl (C=O) groups excluding carboxylic acids is 1. The Balaban J connectivity index is 2.95. The molecule has 3 nitrogen and oxygen atoms in total. The zero-order chi connectivity index (χ0) is 10.1. The monoisotopic (exact) mass is 204 g/mol. The highest BCUT2D eigenvalue weighted by Crippen LogP contribution is 2.35. The second-order valence-electron chi connectivity index (χ2n) is 3.22. The zero-order valence-electron chi connectivity index (χ0n) is 7.76. The van der Waals surface area contributed by atoms with Crippen molar-refractivity contribution in [2.45, 2.75) is 38.7 Å². The van der Waals surface area contributed by atoms with Gasteiger partial charge < -0.3 is 9.84 Å². The summed E-state index contributed by atoms with van der Waals surface area (Å²) < 4.78 is 5.17. The molecule has 0 unspecified atom stereocenters. The molecule has 0 spiro atoms. The van der Waals surface area contributed by atoms with Crippen molar-refractivity contribution in [3.8, 4) is 0 Å². The van der Waals surface area contributed by atoms with Crippen molar-refractivity contribution >= 4 is 17.6 Å². The molecule has 13 heavy (non-hydrogen) atoms. The van der Waals surface area contributed by atoms with Crippen LogP contribution in [0.1, 0.15) is 33.1 Å². The van der Waals surface area contributed by atoms with E-state index in [1.165, 1.54) is 0 Å². The molecule has 0 saturated heterocycles. The maximum absolute atomic E-state index is 11.2. The number of ether oxygens (including phenoxy) is 1. The summed E-state index contributed by atoms with van der Waals surface area (Å²) in [5, 5.41) is 9.21. The van der Waals surface area contributed by atoms with E-state index in [9.17, 15) is 9.90 Å². The van der Waals surface area contributed by atoms with Gasteiger partial charge in [-0.1, -0.05) is 25.4 Å². The van der Waals surface area contributed by atoms with Crippen LogP contribution in [0.3, 0.4) is 0 Å². The van der Waals surface area contributed by atoms with Crippen molar-refractivity contribution in [1.82, 2.24) is 0 Å². The minimum Gasteiger partial charge on any atom is -0.510 e. The van der Waals surface area contributed by atoms with Crippen LogP contribution in [0.4, 0.5) is 0 Å². The smallest absolute Gasteiger partial charge is 0.353 e. The van der Waals surface area contributed by atoms with Crippen LogP contribution in [0.25, 0.3) is 0 Å². The van der Waals surface area contributed by atoms with Gasteiger partial charge in [-0.15, -0.1) is 0 Å². The first-order valence-electron chi connectivity index (χ1n) is 4.35. The summed E-state index contributed by atoms with van der Waals surface area (Å²) in [7, 11) is 0. The maximum Gasteiger partial charge on any atom is 0.353 e. The fraction of sp³-hybridized carbons (Fsp3) is 0.667. The van der Waals surface area contributed by atoms with E-state index in [1.807, 2.05) is 13.8 Å². The topological polar surface area (TPSA) is 46.5 Å². The van der Waals surface area contributed by atoms with Crippen LogP contribution in [0, 0.1) is 0 Å². The average Bonchev–Trinajstić information content (AvgIpc) is 2.13. The first-order valence-corrected chi connectivity index (χ1v) is 4.73. The Morgan fingerprint density at radius 2 is 2.08 bits per heavy atom. The summed E-state index contributed by atoms with van der Waals surface area (Å²) in [5.74, 6) is -0.671. The minimum atomic E-state index is -0.617. The Morgan fingerprint density at radius 3 is 2.46 bits per heavy atom. The highest BCUT2D eigenvalue weighted by atomic mass is 35.5. The molecule has 0 aliphatic carbocycles.